The van der Waals surface area contributed by atoms with E-state index in [1.54, 1.807) is 6.08 Å². The zero-order chi connectivity index (χ0) is 11.9. The standard InChI is InChI=1S/C13H25NO2/c15-12-10-8-6-4-2-1-3-5-7-9-11-14-13-16/h15H,1-12H2. The van der Waals surface area contributed by atoms with Crippen molar-refractivity contribution in [3.8, 4) is 0 Å². The number of aliphatic hydroxyl groups excluding tert-OH is 1. The molecule has 3 heteroatoms. The van der Waals surface area contributed by atoms with E-state index < -0.39 is 0 Å². The average molecular weight is 227 g/mol. The molecule has 0 saturated carbocycles. The molecule has 0 aromatic carbocycles. The number of hydrogen-bond acceptors (Lipinski definition) is 3. The van der Waals surface area contributed by atoms with Crippen LogP contribution in [0.5, 0.6) is 0 Å². The molecule has 0 radical (unpaired) electrons. The van der Waals surface area contributed by atoms with Crippen LogP contribution < -0.4 is 0 Å². The number of unbranched alkanes of at least 4 members (excludes halogenated alkanes) is 9. The molecule has 0 aliphatic carbocycles. The summed E-state index contributed by atoms with van der Waals surface area (Å²) in [7, 11) is 0. The van der Waals surface area contributed by atoms with Gasteiger partial charge in [0.15, 0.2) is 0 Å². The molecule has 0 unspecified atom stereocenters. The molecule has 0 amide bonds. The molecule has 0 rings (SSSR count). The Morgan fingerprint density at radius 1 is 0.750 bits per heavy atom. The number of carbonyl (C=O) groups excluding carboxylic acids is 1. The van der Waals surface area contributed by atoms with Crippen LogP contribution in [0, 0.1) is 0 Å². The lowest BCUT2D eigenvalue weighted by Crippen LogP contribution is -1.85. The molecule has 0 aromatic rings. The number of hydrogen-bond donors (Lipinski definition) is 1. The van der Waals surface area contributed by atoms with Gasteiger partial charge >= 0.3 is 0 Å². The zero-order valence-corrected chi connectivity index (χ0v) is 10.3. The molecule has 0 saturated heterocycles. The molecular weight excluding hydrogens is 202 g/mol. The third-order valence-electron chi connectivity index (χ3n) is 2.74. The average Bonchev–Trinajstić information content (AvgIpc) is 2.31. The van der Waals surface area contributed by atoms with Crippen LogP contribution in [0.15, 0.2) is 4.99 Å². The van der Waals surface area contributed by atoms with Crippen molar-refractivity contribution in [3.05, 3.63) is 0 Å². The molecule has 0 atom stereocenters. The topological polar surface area (TPSA) is 49.7 Å². The van der Waals surface area contributed by atoms with Gasteiger partial charge in [-0.25, -0.2) is 9.79 Å². The maximum Gasteiger partial charge on any atom is 0.234 e. The van der Waals surface area contributed by atoms with E-state index in [0.29, 0.717) is 13.2 Å². The molecule has 0 bridgehead atoms. The number of isocyanates is 1. The first-order valence-corrected chi connectivity index (χ1v) is 6.56. The van der Waals surface area contributed by atoms with Crippen molar-refractivity contribution in [2.75, 3.05) is 13.2 Å². The summed E-state index contributed by atoms with van der Waals surface area (Å²) in [6, 6.07) is 0. The molecular formula is C13H25NO2. The second-order valence-corrected chi connectivity index (χ2v) is 4.23. The molecule has 94 valence electrons. The van der Waals surface area contributed by atoms with Crippen molar-refractivity contribution in [1.29, 1.82) is 0 Å². The van der Waals surface area contributed by atoms with Crippen LogP contribution in [0.2, 0.25) is 0 Å². The predicted molar refractivity (Wildman–Crippen MR) is 66.2 cm³/mol. The Morgan fingerprint density at radius 3 is 1.62 bits per heavy atom. The molecule has 0 spiro atoms. The minimum atomic E-state index is 0.337. The van der Waals surface area contributed by atoms with Crippen LogP contribution in [-0.2, 0) is 4.79 Å². The fraction of sp³-hybridized carbons (Fsp3) is 0.923. The predicted octanol–water partition coefficient (Wildman–Crippen LogP) is 3.22. The summed E-state index contributed by atoms with van der Waals surface area (Å²) < 4.78 is 0. The van der Waals surface area contributed by atoms with Gasteiger partial charge in [0.2, 0.25) is 6.08 Å². The van der Waals surface area contributed by atoms with Crippen molar-refractivity contribution in [2.45, 2.75) is 64.2 Å². The van der Waals surface area contributed by atoms with E-state index >= 15 is 0 Å². The third-order valence-corrected chi connectivity index (χ3v) is 2.74. The lowest BCUT2D eigenvalue weighted by molar-refractivity contribution is 0.282. The van der Waals surface area contributed by atoms with Gasteiger partial charge in [0, 0.05) is 6.61 Å². The van der Waals surface area contributed by atoms with Gasteiger partial charge in [-0.15, -0.1) is 0 Å². The number of aliphatic hydroxyl groups is 1. The van der Waals surface area contributed by atoms with Crippen molar-refractivity contribution in [2.24, 2.45) is 4.99 Å². The summed E-state index contributed by atoms with van der Waals surface area (Å²) in [5, 5.41) is 8.60. The summed E-state index contributed by atoms with van der Waals surface area (Å²) in [6.45, 7) is 0.980. The highest BCUT2D eigenvalue weighted by Crippen LogP contribution is 2.10. The number of rotatable bonds is 12. The summed E-state index contributed by atoms with van der Waals surface area (Å²) in [5.74, 6) is 0. The third kappa shape index (κ3) is 13.3. The highest BCUT2D eigenvalue weighted by Gasteiger charge is 1.92. The van der Waals surface area contributed by atoms with Gasteiger partial charge in [-0.3, -0.25) is 0 Å². The first-order valence-electron chi connectivity index (χ1n) is 6.56. The Hall–Kier alpha value is -0.660. The van der Waals surface area contributed by atoms with Crippen molar-refractivity contribution < 1.29 is 9.90 Å². The molecule has 0 heterocycles. The molecule has 0 aliphatic rings. The Kier molecular flexibility index (Phi) is 13.7. The van der Waals surface area contributed by atoms with E-state index in [1.165, 1.54) is 51.4 Å². The van der Waals surface area contributed by atoms with E-state index in [2.05, 4.69) is 4.99 Å². The molecule has 0 fully saturated rings. The first kappa shape index (κ1) is 15.3. The highest BCUT2D eigenvalue weighted by molar-refractivity contribution is 5.32. The summed E-state index contributed by atoms with van der Waals surface area (Å²) in [5.41, 5.74) is 0. The Labute approximate surface area is 99.0 Å². The normalized spacial score (nSPS) is 10.1. The monoisotopic (exact) mass is 227 g/mol. The first-order chi connectivity index (χ1) is 7.91. The van der Waals surface area contributed by atoms with Crippen LogP contribution >= 0.6 is 0 Å². The smallest absolute Gasteiger partial charge is 0.234 e. The van der Waals surface area contributed by atoms with Gasteiger partial charge in [0.25, 0.3) is 0 Å². The van der Waals surface area contributed by atoms with Gasteiger partial charge in [-0.2, -0.15) is 0 Å². The number of aliphatic imine (C=N–C) groups is 1. The summed E-state index contributed by atoms with van der Waals surface area (Å²) in [4.78, 5) is 13.3. The quantitative estimate of drug-likeness (QED) is 0.316. The van der Waals surface area contributed by atoms with E-state index in [9.17, 15) is 4.79 Å². The molecule has 0 aromatic heterocycles. The van der Waals surface area contributed by atoms with Gasteiger partial charge in [0.1, 0.15) is 0 Å². The summed E-state index contributed by atoms with van der Waals surface area (Å²) >= 11 is 0. The second-order valence-electron chi connectivity index (χ2n) is 4.23. The van der Waals surface area contributed by atoms with Crippen LogP contribution in [0.25, 0.3) is 0 Å². The molecule has 3 nitrogen and oxygen atoms in total. The van der Waals surface area contributed by atoms with Crippen LogP contribution in [0.4, 0.5) is 0 Å². The maximum absolute atomic E-state index is 9.78. The highest BCUT2D eigenvalue weighted by atomic mass is 16.2. The Morgan fingerprint density at radius 2 is 1.19 bits per heavy atom. The second kappa shape index (κ2) is 14.3. The molecule has 1 N–H and O–H groups in total. The lowest BCUT2D eigenvalue weighted by Gasteiger charge is -2.01. The van der Waals surface area contributed by atoms with E-state index in [-0.39, 0.29) is 0 Å². The maximum atomic E-state index is 9.78. The van der Waals surface area contributed by atoms with Crippen LogP contribution in [-0.4, -0.2) is 24.3 Å². The minimum Gasteiger partial charge on any atom is -0.396 e. The van der Waals surface area contributed by atoms with Crippen LogP contribution in [0.3, 0.4) is 0 Å². The fourth-order valence-corrected chi connectivity index (χ4v) is 1.76. The summed E-state index contributed by atoms with van der Waals surface area (Å²) in [6.07, 6.45) is 13.6. The van der Waals surface area contributed by atoms with E-state index in [0.717, 1.165) is 12.8 Å². The lowest BCUT2D eigenvalue weighted by atomic mass is 10.1. The SMILES string of the molecule is O=C=NCCCCCCCCCCCCO. The zero-order valence-electron chi connectivity index (χ0n) is 10.3. The van der Waals surface area contributed by atoms with Gasteiger partial charge < -0.3 is 5.11 Å². The Balaban J connectivity index is 2.90. The van der Waals surface area contributed by atoms with Crippen molar-refractivity contribution >= 4 is 6.08 Å². The fourth-order valence-electron chi connectivity index (χ4n) is 1.76. The van der Waals surface area contributed by atoms with Gasteiger partial charge in [0.05, 0.1) is 6.54 Å². The number of nitrogens with zero attached hydrogens (tertiary/aromatic N) is 1. The van der Waals surface area contributed by atoms with Crippen LogP contribution in [0.1, 0.15) is 64.2 Å². The van der Waals surface area contributed by atoms with Crippen molar-refractivity contribution in [1.82, 2.24) is 0 Å². The van der Waals surface area contributed by atoms with Gasteiger partial charge in [-0.05, 0) is 12.8 Å². The largest absolute Gasteiger partial charge is 0.396 e. The van der Waals surface area contributed by atoms with Crippen molar-refractivity contribution in [3.63, 3.8) is 0 Å². The van der Waals surface area contributed by atoms with E-state index in [4.69, 9.17) is 5.11 Å². The minimum absolute atomic E-state index is 0.337. The van der Waals surface area contributed by atoms with E-state index in [1.807, 2.05) is 0 Å². The molecule has 16 heavy (non-hydrogen) atoms. The van der Waals surface area contributed by atoms with Gasteiger partial charge in [-0.1, -0.05) is 51.4 Å². The molecule has 0 aliphatic heterocycles. The Bertz CT molecular complexity index is 177.